The van der Waals surface area contributed by atoms with Gasteiger partial charge in [0.1, 0.15) is 10.8 Å². The Balaban J connectivity index is 1.93. The lowest BCUT2D eigenvalue weighted by molar-refractivity contribution is -0.132. The number of amides is 1. The Kier molecular flexibility index (Phi) is 4.94. The van der Waals surface area contributed by atoms with Gasteiger partial charge in [0.05, 0.1) is 11.6 Å². The fourth-order valence-electron chi connectivity index (χ4n) is 3.24. The molecule has 29 heavy (non-hydrogen) atoms. The van der Waals surface area contributed by atoms with Crippen molar-refractivity contribution in [3.63, 3.8) is 0 Å². The molecule has 1 saturated heterocycles. The lowest BCUT2D eigenvalue weighted by Gasteiger charge is -2.22. The molecule has 0 spiro atoms. The van der Waals surface area contributed by atoms with E-state index in [1.54, 1.807) is 43.3 Å². The monoisotopic (exact) mass is 425 g/mol. The normalized spacial score (nSPS) is 18.4. The maximum atomic E-state index is 12.9. The zero-order valence-corrected chi connectivity index (χ0v) is 17.2. The Labute approximate surface area is 176 Å². The Bertz CT molecular complexity index is 1140. The summed E-state index contributed by atoms with van der Waals surface area (Å²) in [6.45, 7) is 3.69. The lowest BCUT2D eigenvalue weighted by atomic mass is 9.95. The molecule has 2 heterocycles. The molecule has 0 unspecified atom stereocenters. The number of aliphatic hydroxyl groups is 1. The van der Waals surface area contributed by atoms with Crippen LogP contribution in [0.25, 0.3) is 5.76 Å². The molecule has 1 N–H and O–H groups in total. The van der Waals surface area contributed by atoms with Crippen LogP contribution in [-0.4, -0.2) is 27.0 Å². The summed E-state index contributed by atoms with van der Waals surface area (Å²) in [6, 6.07) is 13.1. The smallest absolute Gasteiger partial charge is 0.301 e. The van der Waals surface area contributed by atoms with Crippen LogP contribution in [0.5, 0.6) is 0 Å². The quantitative estimate of drug-likeness (QED) is 0.381. The van der Waals surface area contributed by atoms with Crippen molar-refractivity contribution in [1.82, 2.24) is 10.2 Å². The first-order valence-electron chi connectivity index (χ1n) is 8.80. The van der Waals surface area contributed by atoms with Gasteiger partial charge >= 0.3 is 5.91 Å². The molecule has 1 aliphatic rings. The number of carbonyl (C=O) groups is 2. The van der Waals surface area contributed by atoms with E-state index in [2.05, 4.69) is 10.2 Å². The summed E-state index contributed by atoms with van der Waals surface area (Å²) < 4.78 is 0. The molecule has 0 radical (unpaired) electrons. The van der Waals surface area contributed by atoms with E-state index < -0.39 is 17.7 Å². The third-order valence-corrected chi connectivity index (χ3v) is 5.77. The number of Topliss-reactive ketones (excluding diaryl/α,β-unsaturated/α-hetero) is 1. The molecule has 1 atom stereocenters. The lowest BCUT2D eigenvalue weighted by Crippen LogP contribution is -2.29. The minimum absolute atomic E-state index is 0.00836. The van der Waals surface area contributed by atoms with E-state index in [0.717, 1.165) is 5.56 Å². The van der Waals surface area contributed by atoms with Crippen LogP contribution in [0.15, 0.2) is 54.1 Å². The fraction of sp³-hybridized carbons (Fsp3) is 0.143. The number of benzene rings is 2. The van der Waals surface area contributed by atoms with Gasteiger partial charge in [-0.2, -0.15) is 0 Å². The molecule has 1 fully saturated rings. The van der Waals surface area contributed by atoms with E-state index in [-0.39, 0.29) is 11.3 Å². The largest absolute Gasteiger partial charge is 0.507 e. The van der Waals surface area contributed by atoms with E-state index in [1.807, 2.05) is 19.1 Å². The van der Waals surface area contributed by atoms with Crippen molar-refractivity contribution in [2.24, 2.45) is 0 Å². The summed E-state index contributed by atoms with van der Waals surface area (Å²) in [5, 5.41) is 20.5. The number of aryl methyl sites for hydroxylation is 2. The standard InChI is InChI=1S/C21H16ClN3O3S/c1-11-3-5-14(6-4-11)18(26)16-17(13-7-9-15(22)10-8-13)25(20(28)19(16)27)21-24-23-12(2)29-21/h3-10,17,26H,1-2H3/t17-/m0/s1. The molecular formula is C21H16ClN3O3S. The van der Waals surface area contributed by atoms with Crippen molar-refractivity contribution in [2.75, 3.05) is 4.90 Å². The number of ketones is 1. The Morgan fingerprint density at radius 3 is 2.28 bits per heavy atom. The number of rotatable bonds is 3. The predicted molar refractivity (Wildman–Crippen MR) is 112 cm³/mol. The molecule has 146 valence electrons. The van der Waals surface area contributed by atoms with Crippen molar-refractivity contribution in [3.8, 4) is 0 Å². The third-order valence-electron chi connectivity index (χ3n) is 4.68. The van der Waals surface area contributed by atoms with Crippen LogP contribution >= 0.6 is 22.9 Å². The van der Waals surface area contributed by atoms with Crippen LogP contribution in [-0.2, 0) is 9.59 Å². The second kappa shape index (κ2) is 7.42. The van der Waals surface area contributed by atoms with Gasteiger partial charge in [0, 0.05) is 10.6 Å². The Hall–Kier alpha value is -3.03. The molecule has 1 aromatic heterocycles. The van der Waals surface area contributed by atoms with Gasteiger partial charge in [0.2, 0.25) is 5.13 Å². The molecule has 1 aliphatic heterocycles. The van der Waals surface area contributed by atoms with Gasteiger partial charge in [-0.3, -0.25) is 14.5 Å². The van der Waals surface area contributed by atoms with Gasteiger partial charge in [-0.1, -0.05) is 64.9 Å². The highest BCUT2D eigenvalue weighted by molar-refractivity contribution is 7.15. The molecule has 0 aliphatic carbocycles. The minimum atomic E-state index is -0.832. The van der Waals surface area contributed by atoms with Crippen molar-refractivity contribution in [3.05, 3.63) is 80.8 Å². The van der Waals surface area contributed by atoms with Crippen LogP contribution < -0.4 is 4.90 Å². The van der Waals surface area contributed by atoms with Crippen molar-refractivity contribution >= 4 is 45.5 Å². The van der Waals surface area contributed by atoms with E-state index >= 15 is 0 Å². The van der Waals surface area contributed by atoms with Crippen molar-refractivity contribution in [1.29, 1.82) is 0 Å². The molecule has 6 nitrogen and oxygen atoms in total. The number of anilines is 1. The maximum Gasteiger partial charge on any atom is 0.301 e. The third kappa shape index (κ3) is 3.43. The molecule has 4 rings (SSSR count). The number of hydrogen-bond donors (Lipinski definition) is 1. The van der Waals surface area contributed by atoms with E-state index in [0.29, 0.717) is 26.3 Å². The first-order valence-corrected chi connectivity index (χ1v) is 10.00. The zero-order valence-electron chi connectivity index (χ0n) is 15.6. The second-order valence-corrected chi connectivity index (χ2v) is 8.29. The van der Waals surface area contributed by atoms with Crippen LogP contribution in [0.1, 0.15) is 27.7 Å². The maximum absolute atomic E-state index is 12.9. The number of halogens is 1. The predicted octanol–water partition coefficient (Wildman–Crippen LogP) is 4.43. The molecule has 0 saturated carbocycles. The highest BCUT2D eigenvalue weighted by Crippen LogP contribution is 2.43. The molecule has 1 amide bonds. The molecule has 0 bridgehead atoms. The van der Waals surface area contributed by atoms with Gasteiger partial charge in [-0.25, -0.2) is 0 Å². The highest BCUT2D eigenvalue weighted by atomic mass is 35.5. The second-order valence-electron chi connectivity index (χ2n) is 6.69. The highest BCUT2D eigenvalue weighted by Gasteiger charge is 2.48. The first-order chi connectivity index (χ1) is 13.9. The zero-order chi connectivity index (χ0) is 20.7. The first kappa shape index (κ1) is 19.3. The van der Waals surface area contributed by atoms with Crippen LogP contribution in [0.2, 0.25) is 5.02 Å². The van der Waals surface area contributed by atoms with Crippen molar-refractivity contribution in [2.45, 2.75) is 19.9 Å². The number of aromatic nitrogens is 2. The molecule has 3 aromatic rings. The number of aliphatic hydroxyl groups excluding tert-OH is 1. The minimum Gasteiger partial charge on any atom is -0.507 e. The SMILES string of the molecule is Cc1ccc(C(O)=C2C(=O)C(=O)N(c3nnc(C)s3)[C@H]2c2ccc(Cl)cc2)cc1. The van der Waals surface area contributed by atoms with Crippen LogP contribution in [0.3, 0.4) is 0 Å². The molecule has 8 heteroatoms. The summed E-state index contributed by atoms with van der Waals surface area (Å²) in [4.78, 5) is 27.1. The summed E-state index contributed by atoms with van der Waals surface area (Å²) in [5.74, 6) is -1.75. The summed E-state index contributed by atoms with van der Waals surface area (Å²) in [6.07, 6.45) is 0. The van der Waals surface area contributed by atoms with Gasteiger partial charge in [-0.05, 0) is 31.5 Å². The van der Waals surface area contributed by atoms with Gasteiger partial charge < -0.3 is 5.11 Å². The summed E-state index contributed by atoms with van der Waals surface area (Å²) in [5.41, 5.74) is 2.12. The van der Waals surface area contributed by atoms with E-state index in [1.165, 1.54) is 16.2 Å². The van der Waals surface area contributed by atoms with Gasteiger partial charge in [0.15, 0.2) is 0 Å². The van der Waals surface area contributed by atoms with E-state index in [4.69, 9.17) is 11.6 Å². The van der Waals surface area contributed by atoms with E-state index in [9.17, 15) is 14.7 Å². The number of hydrogen-bond acceptors (Lipinski definition) is 6. The molecular weight excluding hydrogens is 410 g/mol. The van der Waals surface area contributed by atoms with Crippen LogP contribution in [0, 0.1) is 13.8 Å². The summed E-state index contributed by atoms with van der Waals surface area (Å²) >= 11 is 7.22. The Morgan fingerprint density at radius 2 is 1.69 bits per heavy atom. The fourth-order valence-corrected chi connectivity index (χ4v) is 4.08. The number of carbonyl (C=O) groups excluding carboxylic acids is 2. The van der Waals surface area contributed by atoms with Gasteiger partial charge in [-0.15, -0.1) is 10.2 Å². The number of nitrogens with zero attached hydrogens (tertiary/aromatic N) is 3. The summed E-state index contributed by atoms with van der Waals surface area (Å²) in [7, 11) is 0. The topological polar surface area (TPSA) is 83.4 Å². The van der Waals surface area contributed by atoms with Crippen molar-refractivity contribution < 1.29 is 14.7 Å². The average Bonchev–Trinajstić information content (AvgIpc) is 3.24. The molecule has 2 aromatic carbocycles. The average molecular weight is 426 g/mol. The van der Waals surface area contributed by atoms with Crippen LogP contribution in [0.4, 0.5) is 5.13 Å². The Morgan fingerprint density at radius 1 is 1.03 bits per heavy atom. The van der Waals surface area contributed by atoms with Gasteiger partial charge in [0.25, 0.3) is 5.78 Å².